The van der Waals surface area contributed by atoms with Gasteiger partial charge >= 0.3 is 0 Å². The van der Waals surface area contributed by atoms with Crippen LogP contribution in [0.2, 0.25) is 0 Å². The minimum Gasteiger partial charge on any atom is -0.350 e. The molecule has 0 saturated heterocycles. The van der Waals surface area contributed by atoms with Gasteiger partial charge in [-0.15, -0.1) is 11.3 Å². The number of rotatable bonds is 4. The lowest BCUT2D eigenvalue weighted by molar-refractivity contribution is 0.0988. The molecule has 118 valence electrons. The van der Waals surface area contributed by atoms with Crippen LogP contribution in [0.3, 0.4) is 0 Å². The number of thiazole rings is 1. The number of hydrogen-bond donors (Lipinski definition) is 1. The van der Waals surface area contributed by atoms with Gasteiger partial charge in [-0.05, 0) is 12.8 Å². The summed E-state index contributed by atoms with van der Waals surface area (Å²) < 4.78 is 6.79. The first-order chi connectivity index (χ1) is 11.2. The zero-order valence-corrected chi connectivity index (χ0v) is 13.3. The van der Waals surface area contributed by atoms with Crippen LogP contribution in [0.25, 0.3) is 11.3 Å². The van der Waals surface area contributed by atoms with Crippen molar-refractivity contribution >= 4 is 22.4 Å². The summed E-state index contributed by atoms with van der Waals surface area (Å²) in [5, 5.41) is 13.4. The van der Waals surface area contributed by atoms with E-state index in [1.54, 1.807) is 16.9 Å². The molecule has 1 fully saturated rings. The number of amides is 1. The first-order valence-corrected chi connectivity index (χ1v) is 8.29. The number of carbonyl (C=O) groups excluding carboxylic acids is 1. The molecule has 3 heterocycles. The van der Waals surface area contributed by atoms with Crippen LogP contribution in [0.15, 0.2) is 28.4 Å². The fourth-order valence-corrected chi connectivity index (χ4v) is 3.25. The van der Waals surface area contributed by atoms with Crippen molar-refractivity contribution in [3.63, 3.8) is 0 Å². The van der Waals surface area contributed by atoms with Gasteiger partial charge < -0.3 is 4.52 Å². The molecule has 0 radical (unpaired) electrons. The van der Waals surface area contributed by atoms with Gasteiger partial charge in [0.2, 0.25) is 5.76 Å². The van der Waals surface area contributed by atoms with Gasteiger partial charge in [-0.2, -0.15) is 5.10 Å². The van der Waals surface area contributed by atoms with E-state index in [1.165, 1.54) is 30.6 Å². The van der Waals surface area contributed by atoms with Gasteiger partial charge in [0.15, 0.2) is 5.13 Å². The van der Waals surface area contributed by atoms with E-state index < -0.39 is 0 Å². The van der Waals surface area contributed by atoms with Crippen molar-refractivity contribution in [2.24, 2.45) is 7.05 Å². The lowest BCUT2D eigenvalue weighted by Crippen LogP contribution is -2.12. The number of aryl methyl sites for hydroxylation is 1. The Kier molecular flexibility index (Phi) is 3.45. The van der Waals surface area contributed by atoms with Crippen molar-refractivity contribution < 1.29 is 9.32 Å². The summed E-state index contributed by atoms with van der Waals surface area (Å²) >= 11 is 1.44. The van der Waals surface area contributed by atoms with Gasteiger partial charge in [-0.25, -0.2) is 4.98 Å². The van der Waals surface area contributed by atoms with Gasteiger partial charge in [0.1, 0.15) is 5.69 Å². The fraction of sp³-hybridized carbons (Fsp3) is 0.333. The normalized spacial score (nSPS) is 14.7. The Morgan fingerprint density at radius 3 is 3.04 bits per heavy atom. The van der Waals surface area contributed by atoms with Crippen molar-refractivity contribution in [3.8, 4) is 11.3 Å². The second-order valence-electron chi connectivity index (χ2n) is 5.64. The summed E-state index contributed by atoms with van der Waals surface area (Å²) in [4.78, 5) is 16.7. The third-order valence-electron chi connectivity index (χ3n) is 4.00. The molecule has 23 heavy (non-hydrogen) atoms. The molecule has 0 spiro atoms. The molecule has 0 atom stereocenters. The Balaban J connectivity index is 1.46. The molecule has 1 aliphatic carbocycles. The standard InChI is InChI=1S/C15H15N5O2S/c1-20-7-10(6-16-20)11-5-13(22-19-11)14(21)18-15-17-12(8-23-15)9-3-2-4-9/h5-9H,2-4H2,1H3,(H,17,18,21). The monoisotopic (exact) mass is 329 g/mol. The van der Waals surface area contributed by atoms with Crippen LogP contribution in [0.4, 0.5) is 5.13 Å². The number of anilines is 1. The summed E-state index contributed by atoms with van der Waals surface area (Å²) in [7, 11) is 1.82. The van der Waals surface area contributed by atoms with E-state index in [-0.39, 0.29) is 11.7 Å². The van der Waals surface area contributed by atoms with E-state index >= 15 is 0 Å². The van der Waals surface area contributed by atoms with Crippen LogP contribution in [0, 0.1) is 0 Å². The quantitative estimate of drug-likeness (QED) is 0.795. The third kappa shape index (κ3) is 2.77. The summed E-state index contributed by atoms with van der Waals surface area (Å²) in [6.07, 6.45) is 7.12. The second kappa shape index (κ2) is 5.62. The highest BCUT2D eigenvalue weighted by Crippen LogP contribution is 2.37. The molecule has 3 aromatic rings. The molecule has 1 amide bonds. The highest BCUT2D eigenvalue weighted by atomic mass is 32.1. The van der Waals surface area contributed by atoms with Gasteiger partial charge in [-0.3, -0.25) is 14.8 Å². The molecule has 0 aliphatic heterocycles. The van der Waals surface area contributed by atoms with E-state index in [0.717, 1.165) is 11.3 Å². The number of aromatic nitrogens is 4. The Labute approximate surface area is 136 Å². The molecule has 3 aromatic heterocycles. The zero-order valence-electron chi connectivity index (χ0n) is 12.5. The van der Waals surface area contributed by atoms with Crippen molar-refractivity contribution in [2.75, 3.05) is 5.32 Å². The fourth-order valence-electron chi connectivity index (χ4n) is 2.47. The van der Waals surface area contributed by atoms with Crippen molar-refractivity contribution in [1.82, 2.24) is 19.9 Å². The molecule has 1 N–H and O–H groups in total. The first kappa shape index (κ1) is 14.1. The molecule has 8 heteroatoms. The van der Waals surface area contributed by atoms with E-state index in [1.807, 2.05) is 18.6 Å². The van der Waals surface area contributed by atoms with Gasteiger partial charge in [-0.1, -0.05) is 11.6 Å². The van der Waals surface area contributed by atoms with Crippen LogP contribution >= 0.6 is 11.3 Å². The van der Waals surface area contributed by atoms with E-state index in [4.69, 9.17) is 4.52 Å². The average Bonchev–Trinajstić information content (AvgIpc) is 3.17. The molecular weight excluding hydrogens is 314 g/mol. The van der Waals surface area contributed by atoms with Crippen LogP contribution in [-0.4, -0.2) is 25.8 Å². The molecule has 1 saturated carbocycles. The summed E-state index contributed by atoms with van der Waals surface area (Å²) in [5.74, 6) is 0.366. The zero-order chi connectivity index (χ0) is 15.8. The molecule has 0 unspecified atom stereocenters. The van der Waals surface area contributed by atoms with Gasteiger partial charge in [0.05, 0.1) is 11.9 Å². The largest absolute Gasteiger partial charge is 0.350 e. The average molecular weight is 329 g/mol. The Bertz CT molecular complexity index is 846. The molecular formula is C15H15N5O2S. The van der Waals surface area contributed by atoms with E-state index in [2.05, 4.69) is 20.6 Å². The summed E-state index contributed by atoms with van der Waals surface area (Å²) in [5.41, 5.74) is 2.46. The predicted octanol–water partition coefficient (Wildman–Crippen LogP) is 3.05. The molecule has 7 nitrogen and oxygen atoms in total. The lowest BCUT2D eigenvalue weighted by Gasteiger charge is -2.22. The smallest absolute Gasteiger partial charge is 0.296 e. The first-order valence-electron chi connectivity index (χ1n) is 7.41. The molecule has 0 bridgehead atoms. The van der Waals surface area contributed by atoms with Crippen LogP contribution < -0.4 is 5.32 Å². The number of hydrogen-bond acceptors (Lipinski definition) is 6. The maximum Gasteiger partial charge on any atom is 0.296 e. The molecule has 0 aromatic carbocycles. The highest BCUT2D eigenvalue weighted by Gasteiger charge is 2.23. The molecule has 4 rings (SSSR count). The van der Waals surface area contributed by atoms with E-state index in [0.29, 0.717) is 16.7 Å². The lowest BCUT2D eigenvalue weighted by atomic mass is 9.83. The second-order valence-corrected chi connectivity index (χ2v) is 6.50. The van der Waals surface area contributed by atoms with Gasteiger partial charge in [0, 0.05) is 36.2 Å². The van der Waals surface area contributed by atoms with E-state index in [9.17, 15) is 4.79 Å². The maximum absolute atomic E-state index is 12.2. The predicted molar refractivity (Wildman–Crippen MR) is 85.4 cm³/mol. The third-order valence-corrected chi connectivity index (χ3v) is 4.78. The SMILES string of the molecule is Cn1cc(-c2cc(C(=O)Nc3nc(C4CCC4)cs3)on2)cn1. The minimum absolute atomic E-state index is 0.157. The Morgan fingerprint density at radius 2 is 2.35 bits per heavy atom. The molecule has 1 aliphatic rings. The topological polar surface area (TPSA) is 85.8 Å². The number of nitrogens with zero attached hydrogens (tertiary/aromatic N) is 4. The van der Waals surface area contributed by atoms with Crippen molar-refractivity contribution in [2.45, 2.75) is 25.2 Å². The van der Waals surface area contributed by atoms with Crippen LogP contribution in [0.1, 0.15) is 41.4 Å². The number of carbonyl (C=O) groups is 1. The summed E-state index contributed by atoms with van der Waals surface area (Å²) in [6.45, 7) is 0. The number of nitrogens with one attached hydrogen (secondary N) is 1. The summed E-state index contributed by atoms with van der Waals surface area (Å²) in [6, 6.07) is 1.60. The minimum atomic E-state index is -0.345. The van der Waals surface area contributed by atoms with Crippen LogP contribution in [0.5, 0.6) is 0 Å². The highest BCUT2D eigenvalue weighted by molar-refractivity contribution is 7.14. The van der Waals surface area contributed by atoms with Crippen molar-refractivity contribution in [3.05, 3.63) is 35.3 Å². The van der Waals surface area contributed by atoms with Crippen molar-refractivity contribution in [1.29, 1.82) is 0 Å². The Hall–Kier alpha value is -2.48. The van der Waals surface area contributed by atoms with Crippen LogP contribution in [-0.2, 0) is 7.05 Å². The Morgan fingerprint density at radius 1 is 1.48 bits per heavy atom. The maximum atomic E-state index is 12.2. The van der Waals surface area contributed by atoms with Gasteiger partial charge in [0.25, 0.3) is 5.91 Å².